The number of nitrogens with two attached hydrogens (primary N) is 1. The summed E-state index contributed by atoms with van der Waals surface area (Å²) in [5, 5.41) is 2.81. The molecular formula is C26H28BrClN2S2. The number of para-hydroxylation sites is 1. The zero-order chi connectivity index (χ0) is 23.1. The largest absolute Gasteiger partial charge is 0.333 e. The van der Waals surface area contributed by atoms with Crippen LogP contribution in [-0.2, 0) is 6.42 Å². The SMILES string of the molecule is CN.Cc1ccc(Sn2c(Cc3ccccc3Cl)cc3cccc(Br)c32)cc1.SC1CC1. The molecule has 1 aliphatic rings. The average molecular weight is 548 g/mol. The van der Waals surface area contributed by atoms with E-state index in [1.165, 1.54) is 46.9 Å². The molecule has 0 amide bonds. The number of benzene rings is 3. The number of halogens is 2. The highest BCUT2D eigenvalue weighted by atomic mass is 79.9. The van der Waals surface area contributed by atoms with E-state index in [1.807, 2.05) is 18.2 Å². The lowest BCUT2D eigenvalue weighted by Crippen LogP contribution is -1.97. The Morgan fingerprint density at radius 2 is 1.69 bits per heavy atom. The molecule has 0 unspecified atom stereocenters. The van der Waals surface area contributed by atoms with Gasteiger partial charge in [0.05, 0.1) is 5.52 Å². The van der Waals surface area contributed by atoms with Gasteiger partial charge in [-0.2, -0.15) is 12.6 Å². The topological polar surface area (TPSA) is 30.9 Å². The second-order valence-electron chi connectivity index (χ2n) is 7.51. The summed E-state index contributed by atoms with van der Waals surface area (Å²) in [6.07, 6.45) is 3.49. The number of rotatable bonds is 4. The van der Waals surface area contributed by atoms with Gasteiger partial charge in [-0.3, -0.25) is 3.97 Å². The van der Waals surface area contributed by atoms with Crippen LogP contribution in [0.2, 0.25) is 5.02 Å². The lowest BCUT2D eigenvalue weighted by atomic mass is 10.1. The minimum atomic E-state index is 0.778. The van der Waals surface area contributed by atoms with Crippen molar-refractivity contribution in [2.75, 3.05) is 7.05 Å². The minimum Gasteiger partial charge on any atom is -0.333 e. The number of aromatic nitrogens is 1. The summed E-state index contributed by atoms with van der Waals surface area (Å²) < 4.78 is 3.41. The summed E-state index contributed by atoms with van der Waals surface area (Å²) in [5.74, 6) is 0. The van der Waals surface area contributed by atoms with Crippen molar-refractivity contribution in [2.24, 2.45) is 5.73 Å². The fourth-order valence-electron chi connectivity index (χ4n) is 3.09. The number of fused-ring (bicyclic) bond motifs is 1. The minimum absolute atomic E-state index is 0.778. The van der Waals surface area contributed by atoms with Gasteiger partial charge in [-0.15, -0.1) is 0 Å². The van der Waals surface area contributed by atoms with Crippen molar-refractivity contribution in [3.8, 4) is 0 Å². The van der Waals surface area contributed by atoms with Crippen molar-refractivity contribution in [3.05, 3.63) is 99.1 Å². The van der Waals surface area contributed by atoms with Gasteiger partial charge in [0.1, 0.15) is 0 Å². The second kappa shape index (κ2) is 12.2. The highest BCUT2D eigenvalue weighted by molar-refractivity contribution is 9.10. The molecule has 0 radical (unpaired) electrons. The highest BCUT2D eigenvalue weighted by Crippen LogP contribution is 2.35. The zero-order valence-electron chi connectivity index (χ0n) is 18.3. The van der Waals surface area contributed by atoms with E-state index in [0.29, 0.717) is 0 Å². The maximum atomic E-state index is 6.41. The van der Waals surface area contributed by atoms with Gasteiger partial charge >= 0.3 is 0 Å². The lowest BCUT2D eigenvalue weighted by molar-refractivity contribution is 1.08. The third-order valence-electron chi connectivity index (χ3n) is 4.90. The first-order valence-corrected chi connectivity index (χ1v) is 13.0. The fourth-order valence-corrected chi connectivity index (χ4v) is 5.11. The molecule has 0 atom stereocenters. The van der Waals surface area contributed by atoms with Crippen LogP contribution in [0.25, 0.3) is 10.9 Å². The Labute approximate surface area is 214 Å². The van der Waals surface area contributed by atoms with Crippen molar-refractivity contribution in [1.29, 1.82) is 0 Å². The van der Waals surface area contributed by atoms with Gasteiger partial charge in [-0.05, 0) is 90.6 Å². The lowest BCUT2D eigenvalue weighted by Gasteiger charge is -2.12. The van der Waals surface area contributed by atoms with E-state index < -0.39 is 0 Å². The molecule has 32 heavy (non-hydrogen) atoms. The first kappa shape index (κ1) is 25.3. The Hall–Kier alpha value is -1.37. The van der Waals surface area contributed by atoms with Gasteiger partial charge < -0.3 is 5.73 Å². The monoisotopic (exact) mass is 546 g/mol. The second-order valence-corrected chi connectivity index (χ2v) is 10.5. The number of thiol groups is 1. The van der Waals surface area contributed by atoms with Crippen molar-refractivity contribution in [3.63, 3.8) is 0 Å². The summed E-state index contributed by atoms with van der Waals surface area (Å²) in [4.78, 5) is 1.21. The van der Waals surface area contributed by atoms with E-state index in [9.17, 15) is 0 Å². The van der Waals surface area contributed by atoms with Gasteiger partial charge in [0.25, 0.3) is 0 Å². The fraction of sp³-hybridized carbons (Fsp3) is 0.231. The van der Waals surface area contributed by atoms with E-state index in [0.717, 1.165) is 26.7 Å². The van der Waals surface area contributed by atoms with E-state index in [4.69, 9.17) is 11.6 Å². The van der Waals surface area contributed by atoms with Crippen LogP contribution in [0, 0.1) is 6.92 Å². The van der Waals surface area contributed by atoms with Gasteiger partial charge in [0.15, 0.2) is 0 Å². The van der Waals surface area contributed by atoms with E-state index in [2.05, 4.69) is 99.8 Å². The number of aryl methyl sites for hydroxylation is 1. The summed E-state index contributed by atoms with van der Waals surface area (Å²) in [7, 11) is 1.50. The molecule has 5 rings (SSSR count). The number of nitrogens with zero attached hydrogens (tertiary/aromatic N) is 1. The molecule has 1 aromatic heterocycles. The van der Waals surface area contributed by atoms with Crippen LogP contribution < -0.4 is 5.73 Å². The van der Waals surface area contributed by atoms with Gasteiger partial charge in [-0.25, -0.2) is 0 Å². The van der Waals surface area contributed by atoms with Crippen molar-refractivity contribution < 1.29 is 0 Å². The van der Waals surface area contributed by atoms with Gasteiger partial charge in [0, 0.05) is 37.1 Å². The third kappa shape index (κ3) is 6.82. The van der Waals surface area contributed by atoms with Crippen LogP contribution in [0.3, 0.4) is 0 Å². The molecule has 4 aromatic rings. The Bertz CT molecular complexity index is 1150. The maximum Gasteiger partial charge on any atom is 0.0740 e. The van der Waals surface area contributed by atoms with Crippen LogP contribution in [0.1, 0.15) is 29.7 Å². The first-order valence-electron chi connectivity index (χ1n) is 10.5. The van der Waals surface area contributed by atoms with Gasteiger partial charge in [-0.1, -0.05) is 59.6 Å². The molecule has 0 aliphatic heterocycles. The molecule has 0 bridgehead atoms. The van der Waals surface area contributed by atoms with E-state index in [-0.39, 0.29) is 0 Å². The molecule has 1 fully saturated rings. The molecule has 1 saturated carbocycles. The summed E-state index contributed by atoms with van der Waals surface area (Å²) >= 11 is 16.0. The normalized spacial score (nSPS) is 12.6. The molecule has 0 spiro atoms. The molecule has 6 heteroatoms. The zero-order valence-corrected chi connectivity index (χ0v) is 22.3. The predicted octanol–water partition coefficient (Wildman–Crippen LogP) is 8.17. The van der Waals surface area contributed by atoms with Gasteiger partial charge in [0.2, 0.25) is 0 Å². The molecule has 1 heterocycles. The quantitative estimate of drug-likeness (QED) is 0.252. The summed E-state index contributed by atoms with van der Waals surface area (Å²) in [5.41, 5.74) is 9.33. The maximum absolute atomic E-state index is 6.41. The molecular weight excluding hydrogens is 520 g/mol. The Morgan fingerprint density at radius 3 is 2.31 bits per heavy atom. The average Bonchev–Trinajstić information content (AvgIpc) is 3.51. The Morgan fingerprint density at radius 1 is 1.03 bits per heavy atom. The Kier molecular flexibility index (Phi) is 9.62. The van der Waals surface area contributed by atoms with Crippen LogP contribution in [0.4, 0.5) is 0 Å². The standard InChI is InChI=1S/C22H17BrClNS.C3H6S.CH5N/c1-15-9-11-19(12-10-15)26-25-18(13-16-5-2-3-8-21(16)24)14-17-6-4-7-20(23)22(17)25;4-3-1-2-3;1-2/h2-12,14H,13H2,1H3;3-4H,1-2H2;2H2,1H3. The van der Waals surface area contributed by atoms with E-state index in [1.54, 1.807) is 11.9 Å². The third-order valence-corrected chi connectivity index (χ3v) is 7.51. The smallest absolute Gasteiger partial charge is 0.0740 e. The van der Waals surface area contributed by atoms with E-state index >= 15 is 0 Å². The Balaban J connectivity index is 0.000000426. The van der Waals surface area contributed by atoms with Crippen molar-refractivity contribution in [2.45, 2.75) is 36.3 Å². The highest BCUT2D eigenvalue weighted by Gasteiger charge is 2.15. The van der Waals surface area contributed by atoms with Crippen LogP contribution >= 0.6 is 52.1 Å². The number of hydrogen-bond donors (Lipinski definition) is 2. The predicted molar refractivity (Wildman–Crippen MR) is 148 cm³/mol. The molecule has 168 valence electrons. The molecule has 1 aliphatic carbocycles. The summed E-state index contributed by atoms with van der Waals surface area (Å²) in [6, 6.07) is 25.3. The first-order chi connectivity index (χ1) is 15.5. The molecule has 0 saturated heterocycles. The molecule has 3 aromatic carbocycles. The summed E-state index contributed by atoms with van der Waals surface area (Å²) in [6.45, 7) is 2.11. The molecule has 2 nitrogen and oxygen atoms in total. The van der Waals surface area contributed by atoms with Crippen LogP contribution in [0.15, 0.2) is 82.2 Å². The number of hydrogen-bond acceptors (Lipinski definition) is 3. The van der Waals surface area contributed by atoms with Crippen molar-refractivity contribution >= 4 is 63.0 Å². The molecule has 2 N–H and O–H groups in total. The van der Waals surface area contributed by atoms with Crippen LogP contribution in [0.5, 0.6) is 0 Å². The van der Waals surface area contributed by atoms with Crippen LogP contribution in [-0.4, -0.2) is 16.3 Å². The van der Waals surface area contributed by atoms with Crippen molar-refractivity contribution in [1.82, 2.24) is 3.97 Å².